The highest BCUT2D eigenvalue weighted by Crippen LogP contribution is 2.45. The van der Waals surface area contributed by atoms with Gasteiger partial charge in [-0.3, -0.25) is 0 Å². The number of anilines is 3. The van der Waals surface area contributed by atoms with Crippen LogP contribution in [0.2, 0.25) is 0 Å². The molecule has 0 N–H and O–H groups in total. The van der Waals surface area contributed by atoms with Gasteiger partial charge in [0.1, 0.15) is 11.2 Å². The number of rotatable bonds is 9. The van der Waals surface area contributed by atoms with Gasteiger partial charge in [-0.05, 0) is 127 Å². The van der Waals surface area contributed by atoms with Crippen molar-refractivity contribution in [2.24, 2.45) is 0 Å². The minimum absolute atomic E-state index is 0.895. The van der Waals surface area contributed by atoms with Gasteiger partial charge in [0.25, 0.3) is 0 Å². The normalized spacial score (nSPS) is 11.3. The molecule has 0 bridgehead atoms. The maximum Gasteiger partial charge on any atom is 0.136 e. The van der Waals surface area contributed by atoms with Crippen LogP contribution in [0.1, 0.15) is 0 Å². The van der Waals surface area contributed by atoms with E-state index in [4.69, 9.17) is 4.42 Å². The molecule has 0 atom stereocenters. The van der Waals surface area contributed by atoms with Crippen LogP contribution in [0.4, 0.5) is 17.1 Å². The second kappa shape index (κ2) is 16.8. The van der Waals surface area contributed by atoms with Crippen LogP contribution >= 0.6 is 0 Å². The first-order valence-corrected chi connectivity index (χ1v) is 22.6. The van der Waals surface area contributed by atoms with E-state index in [0.717, 1.165) is 61.3 Å². The second-order valence-electron chi connectivity index (χ2n) is 16.9. The van der Waals surface area contributed by atoms with Crippen molar-refractivity contribution in [2.75, 3.05) is 4.90 Å². The van der Waals surface area contributed by atoms with Crippen molar-refractivity contribution in [3.63, 3.8) is 0 Å². The van der Waals surface area contributed by atoms with Crippen LogP contribution in [0.25, 0.3) is 99.5 Å². The third kappa shape index (κ3) is 7.21. The number of benzene rings is 11. The molecule has 0 aliphatic heterocycles. The highest BCUT2D eigenvalue weighted by atomic mass is 16.3. The van der Waals surface area contributed by atoms with Gasteiger partial charge in [0.2, 0.25) is 0 Å². The summed E-state index contributed by atoms with van der Waals surface area (Å²) in [5.74, 6) is 0. The molecule has 0 saturated heterocycles. The number of hydrogen-bond acceptors (Lipinski definition) is 2. The first kappa shape index (κ1) is 38.9. The summed E-state index contributed by atoms with van der Waals surface area (Å²) in [7, 11) is 0. The van der Waals surface area contributed by atoms with Crippen LogP contribution in [0.3, 0.4) is 0 Å². The van der Waals surface area contributed by atoms with Crippen molar-refractivity contribution >= 4 is 49.8 Å². The van der Waals surface area contributed by atoms with E-state index in [0.29, 0.717) is 0 Å². The highest BCUT2D eigenvalue weighted by molar-refractivity contribution is 6.12. The molecule has 1 heterocycles. The van der Waals surface area contributed by atoms with Gasteiger partial charge >= 0.3 is 0 Å². The SMILES string of the molecule is c1ccc(-c2ccccc2-c2ccccc2N(c2ccc(-c3ccc(-c4cccc(-c5ccc6ccccc6c5)c4)cc3)cc2)c2ccc(-c3cccc4oc5ccccc5c34)cc2)cc1. The Morgan fingerprint density at radius 1 is 0.258 bits per heavy atom. The van der Waals surface area contributed by atoms with E-state index in [1.165, 1.54) is 55.3 Å². The van der Waals surface area contributed by atoms with Gasteiger partial charge in [-0.2, -0.15) is 0 Å². The summed E-state index contributed by atoms with van der Waals surface area (Å²) < 4.78 is 6.28. The van der Waals surface area contributed by atoms with Gasteiger partial charge in [-0.1, -0.05) is 206 Å². The molecular weight excluding hydrogens is 799 g/mol. The summed E-state index contributed by atoms with van der Waals surface area (Å²) in [5, 5.41) is 4.77. The monoisotopic (exact) mass is 841 g/mol. The number of fused-ring (bicyclic) bond motifs is 4. The molecule has 1 aromatic heterocycles. The fraction of sp³-hybridized carbons (Fsp3) is 0. The Morgan fingerprint density at radius 3 is 1.48 bits per heavy atom. The van der Waals surface area contributed by atoms with Crippen LogP contribution in [-0.4, -0.2) is 0 Å². The topological polar surface area (TPSA) is 16.4 Å². The number of furan rings is 1. The van der Waals surface area contributed by atoms with Crippen LogP contribution in [-0.2, 0) is 0 Å². The Kier molecular flexibility index (Phi) is 9.89. The molecule has 0 unspecified atom stereocenters. The van der Waals surface area contributed by atoms with Crippen LogP contribution in [0, 0.1) is 0 Å². The molecule has 2 heteroatoms. The lowest BCUT2D eigenvalue weighted by molar-refractivity contribution is 0.669. The largest absolute Gasteiger partial charge is 0.456 e. The molecule has 0 saturated carbocycles. The predicted molar refractivity (Wildman–Crippen MR) is 279 cm³/mol. The minimum atomic E-state index is 0.895. The smallest absolute Gasteiger partial charge is 0.136 e. The third-order valence-corrected chi connectivity index (χ3v) is 12.9. The molecule has 0 aliphatic carbocycles. The molecule has 66 heavy (non-hydrogen) atoms. The van der Waals surface area contributed by atoms with Crippen molar-refractivity contribution in [1.29, 1.82) is 0 Å². The molecule has 2 nitrogen and oxygen atoms in total. The van der Waals surface area contributed by atoms with E-state index in [1.54, 1.807) is 0 Å². The summed E-state index contributed by atoms with van der Waals surface area (Å²) in [6, 6.07) is 93.9. The molecular formula is C64H43NO. The van der Waals surface area contributed by atoms with Crippen molar-refractivity contribution in [2.45, 2.75) is 0 Å². The van der Waals surface area contributed by atoms with Gasteiger partial charge in [0.15, 0.2) is 0 Å². The first-order valence-electron chi connectivity index (χ1n) is 22.6. The average Bonchev–Trinajstić information content (AvgIpc) is 3.79. The molecule has 310 valence electrons. The van der Waals surface area contributed by atoms with Crippen LogP contribution < -0.4 is 4.90 Å². The van der Waals surface area contributed by atoms with Gasteiger partial charge in [0.05, 0.1) is 5.69 Å². The van der Waals surface area contributed by atoms with Crippen LogP contribution in [0.5, 0.6) is 0 Å². The number of nitrogens with zero attached hydrogens (tertiary/aromatic N) is 1. The highest BCUT2D eigenvalue weighted by Gasteiger charge is 2.20. The van der Waals surface area contributed by atoms with Gasteiger partial charge in [0, 0.05) is 27.7 Å². The first-order chi connectivity index (χ1) is 32.7. The zero-order valence-corrected chi connectivity index (χ0v) is 36.2. The third-order valence-electron chi connectivity index (χ3n) is 12.9. The molecule has 0 spiro atoms. The summed E-state index contributed by atoms with van der Waals surface area (Å²) in [4.78, 5) is 2.39. The van der Waals surface area contributed by atoms with Crippen molar-refractivity contribution in [3.05, 3.63) is 261 Å². The van der Waals surface area contributed by atoms with Crippen molar-refractivity contribution < 1.29 is 4.42 Å². The quantitative estimate of drug-likeness (QED) is 0.144. The molecule has 0 radical (unpaired) electrons. The number of hydrogen-bond donors (Lipinski definition) is 0. The average molecular weight is 842 g/mol. The lowest BCUT2D eigenvalue weighted by Crippen LogP contribution is -2.11. The summed E-state index contributed by atoms with van der Waals surface area (Å²) in [6.45, 7) is 0. The van der Waals surface area contributed by atoms with E-state index >= 15 is 0 Å². The Balaban J connectivity index is 0.912. The Morgan fingerprint density at radius 2 is 0.727 bits per heavy atom. The van der Waals surface area contributed by atoms with E-state index in [2.05, 4.69) is 254 Å². The predicted octanol–water partition coefficient (Wildman–Crippen LogP) is 18.2. The zero-order valence-electron chi connectivity index (χ0n) is 36.2. The van der Waals surface area contributed by atoms with Crippen molar-refractivity contribution in [3.8, 4) is 66.8 Å². The summed E-state index contributed by atoms with van der Waals surface area (Å²) >= 11 is 0. The lowest BCUT2D eigenvalue weighted by Gasteiger charge is -2.29. The lowest BCUT2D eigenvalue weighted by atomic mass is 9.93. The zero-order chi connectivity index (χ0) is 43.8. The summed E-state index contributed by atoms with van der Waals surface area (Å²) in [6.07, 6.45) is 0. The molecule has 0 amide bonds. The molecule has 12 rings (SSSR count). The molecule has 0 fully saturated rings. The van der Waals surface area contributed by atoms with E-state index < -0.39 is 0 Å². The summed E-state index contributed by atoms with van der Waals surface area (Å²) in [5.41, 5.74) is 19.2. The van der Waals surface area contributed by atoms with Crippen molar-refractivity contribution in [1.82, 2.24) is 0 Å². The van der Waals surface area contributed by atoms with Gasteiger partial charge < -0.3 is 9.32 Å². The molecule has 12 aromatic rings. The fourth-order valence-electron chi connectivity index (χ4n) is 9.62. The molecule has 11 aromatic carbocycles. The number of para-hydroxylation sites is 2. The van der Waals surface area contributed by atoms with Gasteiger partial charge in [-0.25, -0.2) is 0 Å². The van der Waals surface area contributed by atoms with Crippen LogP contribution in [0.15, 0.2) is 265 Å². The standard InChI is InChI=1S/C64H43NO/c1-2-15-48(16-3-1)56-20-6-7-21-58(56)59-22-8-10-25-61(59)65(55-40-36-49(37-41-55)57-24-13-27-63-64(57)60-23-9-11-26-62(60)66-63)54-38-34-46(35-39-54)45-28-30-47(31-29-45)51-18-12-19-52(42-51)53-33-32-44-14-4-5-17-50(44)43-53/h1-43H. The minimum Gasteiger partial charge on any atom is -0.456 e. The van der Waals surface area contributed by atoms with E-state index in [1.807, 2.05) is 12.1 Å². The fourth-order valence-corrected chi connectivity index (χ4v) is 9.62. The maximum absolute atomic E-state index is 6.28. The second-order valence-corrected chi connectivity index (χ2v) is 16.9. The van der Waals surface area contributed by atoms with Gasteiger partial charge in [-0.15, -0.1) is 0 Å². The van der Waals surface area contributed by atoms with E-state index in [-0.39, 0.29) is 0 Å². The Hall–Kier alpha value is -8.72. The Labute approximate surface area is 384 Å². The Bertz CT molecular complexity index is 3680. The molecule has 0 aliphatic rings. The maximum atomic E-state index is 6.28. The van der Waals surface area contributed by atoms with E-state index in [9.17, 15) is 0 Å².